The molecule has 0 unspecified atom stereocenters. The molecule has 0 aliphatic heterocycles. The predicted molar refractivity (Wildman–Crippen MR) is 108 cm³/mol. The van der Waals surface area contributed by atoms with Crippen molar-refractivity contribution in [3.05, 3.63) is 82.2 Å². The Bertz CT molecular complexity index is 1090. The molecule has 0 amide bonds. The number of unbranched alkanes of at least 4 members (excludes halogenated alkanes) is 3. The van der Waals surface area contributed by atoms with Crippen molar-refractivity contribution in [1.82, 2.24) is 0 Å². The molecular weight excluding hydrogens is 395 g/mol. The molecule has 0 nitrogen and oxygen atoms in total. The third-order valence-electron chi connectivity index (χ3n) is 5.74. The summed E-state index contributed by atoms with van der Waals surface area (Å²) < 4.78 is 70.5. The second-order valence-corrected chi connectivity index (χ2v) is 7.81. The van der Waals surface area contributed by atoms with Crippen LogP contribution in [0.1, 0.15) is 49.3 Å². The van der Waals surface area contributed by atoms with Crippen molar-refractivity contribution in [2.24, 2.45) is 0 Å². The lowest BCUT2D eigenvalue weighted by molar-refractivity contribution is 0.447. The van der Waals surface area contributed by atoms with E-state index < -0.39 is 34.6 Å². The minimum absolute atomic E-state index is 0.277. The van der Waals surface area contributed by atoms with E-state index >= 15 is 4.39 Å². The molecule has 0 saturated carbocycles. The van der Waals surface area contributed by atoms with Gasteiger partial charge in [-0.15, -0.1) is 0 Å². The van der Waals surface area contributed by atoms with Crippen LogP contribution in [0, 0.1) is 29.1 Å². The Balaban J connectivity index is 1.70. The molecular formula is C25H21F5. The van der Waals surface area contributed by atoms with Gasteiger partial charge < -0.3 is 0 Å². The first kappa shape index (κ1) is 20.6. The fourth-order valence-electron chi connectivity index (χ4n) is 4.20. The highest BCUT2D eigenvalue weighted by Gasteiger charge is 2.28. The minimum atomic E-state index is -1.67. The van der Waals surface area contributed by atoms with Gasteiger partial charge in [0.05, 0.1) is 5.56 Å². The summed E-state index contributed by atoms with van der Waals surface area (Å²) in [5, 5.41) is 0. The highest BCUT2D eigenvalue weighted by atomic mass is 19.2. The van der Waals surface area contributed by atoms with Gasteiger partial charge in [-0.05, 0) is 58.9 Å². The van der Waals surface area contributed by atoms with Gasteiger partial charge in [0.15, 0.2) is 17.5 Å². The maximum atomic E-state index is 15.3. The largest absolute Gasteiger partial charge is 0.206 e. The van der Waals surface area contributed by atoms with Gasteiger partial charge in [-0.2, -0.15) is 0 Å². The minimum Gasteiger partial charge on any atom is -0.206 e. The van der Waals surface area contributed by atoms with Gasteiger partial charge in [-0.3, -0.25) is 0 Å². The van der Waals surface area contributed by atoms with E-state index in [0.29, 0.717) is 17.7 Å². The van der Waals surface area contributed by atoms with Crippen LogP contribution in [0.5, 0.6) is 0 Å². The molecule has 156 valence electrons. The molecule has 0 N–H and O–H groups in total. The second-order valence-electron chi connectivity index (χ2n) is 7.81. The molecule has 0 atom stereocenters. The van der Waals surface area contributed by atoms with Crippen LogP contribution in [0.15, 0.2) is 36.4 Å². The summed E-state index contributed by atoms with van der Waals surface area (Å²) in [6.07, 6.45) is 5.79. The maximum absolute atomic E-state index is 15.3. The lowest BCUT2D eigenvalue weighted by Crippen LogP contribution is -1.99. The first-order valence-electron chi connectivity index (χ1n) is 10.2. The average Bonchev–Trinajstić information content (AvgIpc) is 3.07. The van der Waals surface area contributed by atoms with E-state index in [1.807, 2.05) is 18.2 Å². The summed E-state index contributed by atoms with van der Waals surface area (Å²) >= 11 is 0. The van der Waals surface area contributed by atoms with E-state index in [1.165, 1.54) is 12.5 Å². The van der Waals surface area contributed by atoms with E-state index in [0.717, 1.165) is 42.4 Å². The maximum Gasteiger partial charge on any atom is 0.194 e. The number of fused-ring (bicyclic) bond motifs is 3. The first-order chi connectivity index (χ1) is 14.4. The van der Waals surface area contributed by atoms with Crippen molar-refractivity contribution in [3.63, 3.8) is 0 Å². The van der Waals surface area contributed by atoms with Crippen LogP contribution < -0.4 is 0 Å². The third kappa shape index (κ3) is 3.62. The molecule has 5 heteroatoms. The molecule has 0 saturated heterocycles. The molecule has 1 aliphatic rings. The van der Waals surface area contributed by atoms with Gasteiger partial charge in [0.2, 0.25) is 0 Å². The van der Waals surface area contributed by atoms with Crippen LogP contribution >= 0.6 is 0 Å². The molecule has 0 radical (unpaired) electrons. The molecule has 3 aromatic rings. The number of hydrogen-bond donors (Lipinski definition) is 0. The summed E-state index contributed by atoms with van der Waals surface area (Å²) in [4.78, 5) is 0. The van der Waals surface area contributed by atoms with Crippen molar-refractivity contribution in [2.75, 3.05) is 0 Å². The monoisotopic (exact) mass is 416 g/mol. The number of halogens is 5. The third-order valence-corrected chi connectivity index (χ3v) is 5.74. The average molecular weight is 416 g/mol. The van der Waals surface area contributed by atoms with Crippen molar-refractivity contribution in [3.8, 4) is 22.3 Å². The van der Waals surface area contributed by atoms with Crippen molar-refractivity contribution in [1.29, 1.82) is 0 Å². The fourth-order valence-corrected chi connectivity index (χ4v) is 4.20. The summed E-state index contributed by atoms with van der Waals surface area (Å²) in [5.41, 5.74) is 2.66. The molecule has 30 heavy (non-hydrogen) atoms. The Morgan fingerprint density at radius 3 is 2.17 bits per heavy atom. The van der Waals surface area contributed by atoms with Crippen LogP contribution in [-0.4, -0.2) is 0 Å². The quantitative estimate of drug-likeness (QED) is 0.171. The molecule has 4 rings (SSSR count). The van der Waals surface area contributed by atoms with Crippen LogP contribution in [0.25, 0.3) is 22.3 Å². The van der Waals surface area contributed by atoms with Crippen LogP contribution in [-0.2, 0) is 12.8 Å². The SMILES string of the molecule is CCCCCCc1ccc2c(c1)Cc1c-2cc(F)c(-c2cc(F)c(F)c(F)c2)c1F. The Morgan fingerprint density at radius 1 is 0.733 bits per heavy atom. The highest BCUT2D eigenvalue weighted by molar-refractivity contribution is 5.81. The zero-order valence-electron chi connectivity index (χ0n) is 16.6. The summed E-state index contributed by atoms with van der Waals surface area (Å²) in [5.74, 6) is -6.44. The second kappa shape index (κ2) is 8.21. The highest BCUT2D eigenvalue weighted by Crippen LogP contribution is 2.43. The Morgan fingerprint density at radius 2 is 1.47 bits per heavy atom. The Labute approximate surface area is 172 Å². The normalized spacial score (nSPS) is 12.2. The first-order valence-corrected chi connectivity index (χ1v) is 10.2. The lowest BCUT2D eigenvalue weighted by atomic mass is 9.97. The molecule has 3 aromatic carbocycles. The standard InChI is InChI=1S/C25H21F5/c1-2-3-4-5-6-14-7-8-17-15(9-14)10-19-18(17)13-20(26)23(24(19)29)16-11-21(27)25(30)22(28)12-16/h7-9,11-13H,2-6,10H2,1H3. The zero-order chi connectivity index (χ0) is 21.4. The van der Waals surface area contributed by atoms with E-state index in [9.17, 15) is 17.6 Å². The molecule has 0 spiro atoms. The number of benzene rings is 3. The number of rotatable bonds is 6. The zero-order valence-corrected chi connectivity index (χ0v) is 16.6. The summed E-state index contributed by atoms with van der Waals surface area (Å²) in [6, 6.07) is 8.31. The van der Waals surface area contributed by atoms with Crippen molar-refractivity contribution in [2.45, 2.75) is 45.4 Å². The molecule has 0 heterocycles. The molecule has 0 aromatic heterocycles. The van der Waals surface area contributed by atoms with Crippen LogP contribution in [0.2, 0.25) is 0 Å². The fraction of sp³-hybridized carbons (Fsp3) is 0.280. The topological polar surface area (TPSA) is 0 Å². The van der Waals surface area contributed by atoms with E-state index in [-0.39, 0.29) is 17.5 Å². The van der Waals surface area contributed by atoms with E-state index in [2.05, 4.69) is 6.92 Å². The smallest absolute Gasteiger partial charge is 0.194 e. The van der Waals surface area contributed by atoms with Crippen LogP contribution in [0.4, 0.5) is 22.0 Å². The van der Waals surface area contributed by atoms with Crippen LogP contribution in [0.3, 0.4) is 0 Å². The Kier molecular flexibility index (Phi) is 5.63. The van der Waals surface area contributed by atoms with Gasteiger partial charge in [0, 0.05) is 12.0 Å². The number of aryl methyl sites for hydroxylation is 1. The van der Waals surface area contributed by atoms with Gasteiger partial charge in [0.1, 0.15) is 11.6 Å². The molecule has 0 bridgehead atoms. The number of hydrogen-bond acceptors (Lipinski definition) is 0. The molecule has 0 fully saturated rings. The molecule has 1 aliphatic carbocycles. The lowest BCUT2D eigenvalue weighted by Gasteiger charge is -2.11. The van der Waals surface area contributed by atoms with Gasteiger partial charge >= 0.3 is 0 Å². The van der Waals surface area contributed by atoms with E-state index in [1.54, 1.807) is 0 Å². The Hall–Kier alpha value is -2.69. The van der Waals surface area contributed by atoms with Gasteiger partial charge in [-0.1, -0.05) is 44.4 Å². The summed E-state index contributed by atoms with van der Waals surface area (Å²) in [7, 11) is 0. The van der Waals surface area contributed by atoms with E-state index in [4.69, 9.17) is 0 Å². The van der Waals surface area contributed by atoms with Crippen molar-refractivity contribution >= 4 is 0 Å². The van der Waals surface area contributed by atoms with Gasteiger partial charge in [0.25, 0.3) is 0 Å². The predicted octanol–water partition coefficient (Wildman–Crippen LogP) is 7.74. The summed E-state index contributed by atoms with van der Waals surface area (Å²) in [6.45, 7) is 2.16. The van der Waals surface area contributed by atoms with Gasteiger partial charge in [-0.25, -0.2) is 22.0 Å². The van der Waals surface area contributed by atoms with Crippen molar-refractivity contribution < 1.29 is 22.0 Å².